The number of hydrogen-bond acceptors (Lipinski definition) is 6. The molecule has 0 bridgehead atoms. The molecular formula is C10H13NO3S3. The Labute approximate surface area is 110 Å². The average molecular weight is 291 g/mol. The van der Waals surface area contributed by atoms with Crippen LogP contribution in [0.5, 0.6) is 11.5 Å². The summed E-state index contributed by atoms with van der Waals surface area (Å²) in [6.07, 6.45) is 0.690. The van der Waals surface area contributed by atoms with Gasteiger partial charge in [-0.2, -0.15) is 0 Å². The maximum absolute atomic E-state index is 11.9. The summed E-state index contributed by atoms with van der Waals surface area (Å²) < 4.78 is 22.6. The van der Waals surface area contributed by atoms with Crippen molar-refractivity contribution in [2.45, 2.75) is 16.2 Å². The summed E-state index contributed by atoms with van der Waals surface area (Å²) in [6.45, 7) is 0.522. The van der Waals surface area contributed by atoms with Crippen LogP contribution < -0.4 is 15.2 Å². The lowest BCUT2D eigenvalue weighted by molar-refractivity contribution is 0.345. The molecule has 2 rings (SSSR count). The third-order valence-electron chi connectivity index (χ3n) is 2.42. The van der Waals surface area contributed by atoms with Crippen molar-refractivity contribution in [1.29, 1.82) is 0 Å². The van der Waals surface area contributed by atoms with E-state index in [0.29, 0.717) is 24.5 Å². The maximum atomic E-state index is 11.9. The van der Waals surface area contributed by atoms with E-state index in [9.17, 15) is 4.21 Å². The van der Waals surface area contributed by atoms with Gasteiger partial charge in [-0.3, -0.25) is 0 Å². The van der Waals surface area contributed by atoms with Crippen LogP contribution in [-0.4, -0.2) is 25.0 Å². The third-order valence-corrected chi connectivity index (χ3v) is 7.39. The first kappa shape index (κ1) is 13.1. The minimum absolute atomic E-state index is 0.522. The van der Waals surface area contributed by atoms with Crippen LogP contribution in [0.1, 0.15) is 5.56 Å². The van der Waals surface area contributed by atoms with E-state index < -0.39 is 9.83 Å². The fraction of sp³-hybridized carbons (Fsp3) is 0.400. The first-order chi connectivity index (χ1) is 8.22. The van der Waals surface area contributed by atoms with E-state index in [1.165, 1.54) is 20.6 Å². The van der Waals surface area contributed by atoms with Gasteiger partial charge in [0.05, 0.1) is 24.0 Å². The number of benzene rings is 1. The minimum atomic E-state index is -1.04. The molecule has 4 nitrogen and oxygen atoms in total. The molecule has 0 aromatic heterocycles. The molecule has 0 amide bonds. The Bertz CT molecular complexity index is 465. The molecule has 0 spiro atoms. The van der Waals surface area contributed by atoms with E-state index >= 15 is 0 Å². The normalized spacial score (nSPS) is 17.9. The zero-order chi connectivity index (χ0) is 12.4. The molecule has 1 unspecified atom stereocenters. The summed E-state index contributed by atoms with van der Waals surface area (Å²) in [5.74, 6) is 1.33. The molecule has 1 atom stereocenters. The van der Waals surface area contributed by atoms with Crippen molar-refractivity contribution in [2.75, 3.05) is 20.8 Å². The molecule has 0 fully saturated rings. The van der Waals surface area contributed by atoms with Crippen molar-refractivity contribution in [1.82, 2.24) is 0 Å². The van der Waals surface area contributed by atoms with E-state index in [2.05, 4.69) is 0 Å². The Hall–Kier alpha value is -0.370. The summed E-state index contributed by atoms with van der Waals surface area (Å²) in [5.41, 5.74) is 6.56. The smallest absolute Gasteiger partial charge is 0.176 e. The summed E-state index contributed by atoms with van der Waals surface area (Å²) in [7, 11) is 4.94. The van der Waals surface area contributed by atoms with Gasteiger partial charge in [0.15, 0.2) is 11.5 Å². The summed E-state index contributed by atoms with van der Waals surface area (Å²) in [4.78, 5) is 1.74. The topological polar surface area (TPSA) is 61.6 Å². The predicted octanol–water partition coefficient (Wildman–Crippen LogP) is 1.98. The number of nitrogens with two attached hydrogens (primary N) is 1. The van der Waals surface area contributed by atoms with Crippen LogP contribution in [0.3, 0.4) is 0 Å². The molecule has 7 heteroatoms. The number of fused-ring (bicyclic) bond motifs is 1. The Balaban J connectivity index is 2.63. The maximum Gasteiger partial charge on any atom is 0.176 e. The molecule has 0 saturated heterocycles. The van der Waals surface area contributed by atoms with Gasteiger partial charge in [-0.1, -0.05) is 0 Å². The highest BCUT2D eigenvalue weighted by atomic mass is 33.5. The van der Waals surface area contributed by atoms with Crippen molar-refractivity contribution >= 4 is 30.5 Å². The third kappa shape index (κ3) is 2.29. The van der Waals surface area contributed by atoms with Crippen molar-refractivity contribution < 1.29 is 13.7 Å². The molecule has 1 aliphatic heterocycles. The van der Waals surface area contributed by atoms with E-state index in [-0.39, 0.29) is 0 Å². The van der Waals surface area contributed by atoms with Gasteiger partial charge < -0.3 is 15.2 Å². The summed E-state index contributed by atoms with van der Waals surface area (Å²) in [5, 5.41) is 0. The molecule has 1 aromatic rings. The van der Waals surface area contributed by atoms with Gasteiger partial charge in [-0.15, -0.1) is 0 Å². The lowest BCUT2D eigenvalue weighted by Gasteiger charge is -2.13. The van der Waals surface area contributed by atoms with Crippen LogP contribution in [0, 0.1) is 0 Å². The van der Waals surface area contributed by atoms with Gasteiger partial charge in [0.25, 0.3) is 0 Å². The first-order valence-corrected chi connectivity index (χ1v) is 8.79. The van der Waals surface area contributed by atoms with Crippen LogP contribution >= 0.6 is 20.6 Å². The second kappa shape index (κ2) is 5.51. The van der Waals surface area contributed by atoms with Crippen LogP contribution in [-0.2, 0) is 16.3 Å². The van der Waals surface area contributed by atoms with Gasteiger partial charge in [0.1, 0.15) is 9.83 Å². The second-order valence-electron chi connectivity index (χ2n) is 3.35. The fourth-order valence-electron chi connectivity index (χ4n) is 1.69. The first-order valence-electron chi connectivity index (χ1n) is 4.97. The summed E-state index contributed by atoms with van der Waals surface area (Å²) in [6, 6.07) is 1.87. The van der Waals surface area contributed by atoms with Crippen LogP contribution in [0.4, 0.5) is 0 Å². The fourth-order valence-corrected chi connectivity index (χ4v) is 7.07. The van der Waals surface area contributed by atoms with E-state index in [0.717, 1.165) is 15.4 Å². The predicted molar refractivity (Wildman–Crippen MR) is 72.2 cm³/mol. The van der Waals surface area contributed by atoms with Crippen LogP contribution in [0.25, 0.3) is 0 Å². The molecule has 2 N–H and O–H groups in total. The molecule has 0 aliphatic carbocycles. The van der Waals surface area contributed by atoms with Crippen molar-refractivity contribution in [3.63, 3.8) is 0 Å². The second-order valence-corrected chi connectivity index (χ2v) is 7.98. The van der Waals surface area contributed by atoms with Crippen molar-refractivity contribution in [3.8, 4) is 11.5 Å². The molecule has 94 valence electrons. The van der Waals surface area contributed by atoms with Gasteiger partial charge in [-0.05, 0) is 35.4 Å². The molecular weight excluding hydrogens is 278 g/mol. The molecule has 1 aromatic carbocycles. The Kier molecular flexibility index (Phi) is 4.24. The van der Waals surface area contributed by atoms with Gasteiger partial charge in [0.2, 0.25) is 0 Å². The number of rotatable bonds is 4. The van der Waals surface area contributed by atoms with E-state index in [1.807, 2.05) is 6.07 Å². The van der Waals surface area contributed by atoms with Gasteiger partial charge in [0, 0.05) is 9.83 Å². The number of ether oxygens (including phenoxy) is 2. The quantitative estimate of drug-likeness (QED) is 0.856. The van der Waals surface area contributed by atoms with Gasteiger partial charge >= 0.3 is 0 Å². The Morgan fingerprint density at radius 1 is 1.41 bits per heavy atom. The zero-order valence-electron chi connectivity index (χ0n) is 9.52. The number of hydrogen-bond donors (Lipinski definition) is 1. The van der Waals surface area contributed by atoms with Crippen LogP contribution in [0.15, 0.2) is 15.9 Å². The average Bonchev–Trinajstić information content (AvgIpc) is 2.72. The molecule has 0 saturated carbocycles. The zero-order valence-corrected chi connectivity index (χ0v) is 12.0. The highest BCUT2D eigenvalue weighted by Crippen LogP contribution is 2.55. The van der Waals surface area contributed by atoms with Gasteiger partial charge in [-0.25, -0.2) is 4.21 Å². The molecule has 0 radical (unpaired) electrons. The highest BCUT2D eigenvalue weighted by Gasteiger charge is 2.30. The SMILES string of the molecule is COc1cc(CCN)c2c(c1OC)SSS2=O. The lowest BCUT2D eigenvalue weighted by atomic mass is 10.1. The minimum Gasteiger partial charge on any atom is -0.493 e. The van der Waals surface area contributed by atoms with Crippen molar-refractivity contribution in [2.24, 2.45) is 5.73 Å². The Morgan fingerprint density at radius 3 is 2.76 bits per heavy atom. The largest absolute Gasteiger partial charge is 0.493 e. The highest BCUT2D eigenvalue weighted by molar-refractivity contribution is 9.06. The lowest BCUT2D eigenvalue weighted by Crippen LogP contribution is -2.06. The Morgan fingerprint density at radius 2 is 2.18 bits per heavy atom. The van der Waals surface area contributed by atoms with Crippen LogP contribution in [0.2, 0.25) is 0 Å². The molecule has 1 aliphatic rings. The van der Waals surface area contributed by atoms with E-state index in [4.69, 9.17) is 15.2 Å². The monoisotopic (exact) mass is 291 g/mol. The van der Waals surface area contributed by atoms with Crippen molar-refractivity contribution in [3.05, 3.63) is 11.6 Å². The number of methoxy groups -OCH3 is 2. The van der Waals surface area contributed by atoms with E-state index in [1.54, 1.807) is 14.2 Å². The standard InChI is InChI=1S/C10H13NO3S3/c1-13-7-5-6(3-4-11)10-9(8(7)14-2)15-16-17(10)12/h5H,3-4,11H2,1-2H3. The molecule has 1 heterocycles. The summed E-state index contributed by atoms with van der Waals surface area (Å²) >= 11 is 0. The molecule has 17 heavy (non-hydrogen) atoms.